The van der Waals surface area contributed by atoms with Crippen LogP contribution in [0.15, 0.2) is 0 Å². The first kappa shape index (κ1) is 13.9. The molecule has 1 aromatic heterocycles. The summed E-state index contributed by atoms with van der Waals surface area (Å²) in [4.78, 5) is 25.4. The van der Waals surface area contributed by atoms with Crippen LogP contribution >= 0.6 is 11.5 Å². The van der Waals surface area contributed by atoms with Crippen molar-refractivity contribution in [2.45, 2.75) is 31.9 Å². The summed E-state index contributed by atoms with van der Waals surface area (Å²) in [6.07, 6.45) is 0.665. The molecule has 1 aromatic rings. The van der Waals surface area contributed by atoms with Gasteiger partial charge in [-0.05, 0) is 18.0 Å². The lowest BCUT2D eigenvalue weighted by atomic mass is 10.2. The van der Waals surface area contributed by atoms with Gasteiger partial charge in [0.15, 0.2) is 0 Å². The zero-order valence-corrected chi connectivity index (χ0v) is 11.5. The van der Waals surface area contributed by atoms with Gasteiger partial charge in [0.05, 0.1) is 11.8 Å². The number of hydrogen-bond donors (Lipinski definition) is 1. The predicted octanol–water partition coefficient (Wildman–Crippen LogP) is 0.415. The summed E-state index contributed by atoms with van der Waals surface area (Å²) >= 11 is 1.01. The molecular weight excluding hydrogens is 270 g/mol. The molecule has 2 atom stereocenters. The van der Waals surface area contributed by atoms with E-state index < -0.39 is 12.0 Å². The maximum atomic E-state index is 12.4. The molecule has 7 nitrogen and oxygen atoms in total. The molecule has 0 bridgehead atoms. The van der Waals surface area contributed by atoms with Crippen LogP contribution in [0.3, 0.4) is 0 Å². The van der Waals surface area contributed by atoms with Crippen LogP contribution in [0.1, 0.15) is 28.7 Å². The monoisotopic (exact) mass is 285 g/mol. The molecule has 0 saturated carbocycles. The van der Waals surface area contributed by atoms with E-state index >= 15 is 0 Å². The smallest absolute Gasteiger partial charge is 0.326 e. The molecule has 0 spiro atoms. The lowest BCUT2D eigenvalue weighted by Gasteiger charge is -2.20. The number of ether oxygens (including phenoxy) is 1. The van der Waals surface area contributed by atoms with E-state index in [-0.39, 0.29) is 18.6 Å². The van der Waals surface area contributed by atoms with Gasteiger partial charge in [0.2, 0.25) is 0 Å². The quantitative estimate of drug-likeness (QED) is 0.861. The highest BCUT2D eigenvalue weighted by Gasteiger charge is 2.41. The van der Waals surface area contributed by atoms with Gasteiger partial charge in [-0.3, -0.25) is 4.79 Å². The number of carbonyl (C=O) groups excluding carboxylic acids is 1. The van der Waals surface area contributed by atoms with E-state index in [1.54, 1.807) is 0 Å². The first-order valence-electron chi connectivity index (χ1n) is 5.96. The highest BCUT2D eigenvalue weighted by atomic mass is 32.1. The summed E-state index contributed by atoms with van der Waals surface area (Å²) in [6.45, 7) is 2.16. The van der Waals surface area contributed by atoms with Crippen molar-refractivity contribution in [1.29, 1.82) is 0 Å². The molecule has 2 heterocycles. The molecule has 8 heteroatoms. The Balaban J connectivity index is 2.24. The van der Waals surface area contributed by atoms with E-state index in [1.165, 1.54) is 12.0 Å². The van der Waals surface area contributed by atoms with Crippen molar-refractivity contribution < 1.29 is 19.4 Å². The largest absolute Gasteiger partial charge is 0.480 e. The van der Waals surface area contributed by atoms with Crippen LogP contribution in [-0.2, 0) is 16.0 Å². The average molecular weight is 285 g/mol. The van der Waals surface area contributed by atoms with Crippen molar-refractivity contribution in [2.24, 2.45) is 0 Å². The molecule has 0 aromatic carbocycles. The first-order valence-corrected chi connectivity index (χ1v) is 6.73. The molecule has 2 unspecified atom stereocenters. The third kappa shape index (κ3) is 2.59. The number of aliphatic carboxylic acids is 1. The highest BCUT2D eigenvalue weighted by molar-refractivity contribution is 7.08. The second kappa shape index (κ2) is 5.62. The minimum Gasteiger partial charge on any atom is -0.480 e. The second-order valence-electron chi connectivity index (χ2n) is 4.31. The SMILES string of the molecule is CCc1nnsc1C(=O)N1CC(OC)CC1C(=O)O. The summed E-state index contributed by atoms with van der Waals surface area (Å²) in [5.41, 5.74) is 0.611. The summed E-state index contributed by atoms with van der Waals surface area (Å²) in [5.74, 6) is -1.33. The summed E-state index contributed by atoms with van der Waals surface area (Å²) < 4.78 is 8.92. The Labute approximate surface area is 114 Å². The average Bonchev–Trinajstić information content (AvgIpc) is 3.03. The van der Waals surface area contributed by atoms with Crippen LogP contribution in [0.4, 0.5) is 0 Å². The third-order valence-corrected chi connectivity index (χ3v) is 3.98. The number of methoxy groups -OCH3 is 1. The van der Waals surface area contributed by atoms with Gasteiger partial charge < -0.3 is 14.7 Å². The normalized spacial score (nSPS) is 22.7. The van der Waals surface area contributed by atoms with E-state index in [9.17, 15) is 14.7 Å². The van der Waals surface area contributed by atoms with Crippen LogP contribution in [0.5, 0.6) is 0 Å². The Kier molecular flexibility index (Phi) is 4.11. The maximum absolute atomic E-state index is 12.4. The van der Waals surface area contributed by atoms with Gasteiger partial charge in [-0.2, -0.15) is 0 Å². The molecular formula is C11H15N3O4S. The molecule has 1 saturated heterocycles. The molecule has 1 amide bonds. The number of aromatic nitrogens is 2. The van der Waals surface area contributed by atoms with Gasteiger partial charge in [-0.1, -0.05) is 11.4 Å². The molecule has 19 heavy (non-hydrogen) atoms. The molecule has 104 valence electrons. The Hall–Kier alpha value is -1.54. The van der Waals surface area contributed by atoms with Crippen molar-refractivity contribution in [3.8, 4) is 0 Å². The van der Waals surface area contributed by atoms with Crippen molar-refractivity contribution in [1.82, 2.24) is 14.5 Å². The van der Waals surface area contributed by atoms with Gasteiger partial charge >= 0.3 is 5.97 Å². The Bertz CT molecular complexity index is 490. The summed E-state index contributed by atoms with van der Waals surface area (Å²) in [6, 6.07) is -0.843. The number of hydrogen-bond acceptors (Lipinski definition) is 6. The van der Waals surface area contributed by atoms with E-state index in [2.05, 4.69) is 9.59 Å². The zero-order valence-electron chi connectivity index (χ0n) is 10.7. The van der Waals surface area contributed by atoms with Crippen LogP contribution in [0, 0.1) is 0 Å². The number of carboxylic acid groups (broad SMARTS) is 1. The van der Waals surface area contributed by atoms with Crippen molar-refractivity contribution in [3.63, 3.8) is 0 Å². The molecule has 0 radical (unpaired) electrons. The van der Waals surface area contributed by atoms with E-state index in [0.717, 1.165) is 11.5 Å². The van der Waals surface area contributed by atoms with Crippen LogP contribution < -0.4 is 0 Å². The van der Waals surface area contributed by atoms with Crippen molar-refractivity contribution in [3.05, 3.63) is 10.6 Å². The highest BCUT2D eigenvalue weighted by Crippen LogP contribution is 2.24. The fraction of sp³-hybridized carbons (Fsp3) is 0.636. The van der Waals surface area contributed by atoms with Gasteiger partial charge in [0.25, 0.3) is 5.91 Å². The Morgan fingerprint density at radius 2 is 2.32 bits per heavy atom. The number of likely N-dealkylation sites (tertiary alicyclic amines) is 1. The zero-order chi connectivity index (χ0) is 14.0. The standard InChI is InChI=1S/C11H15N3O4S/c1-3-7-9(19-13-12-7)10(15)14-5-6(18-2)4-8(14)11(16)17/h6,8H,3-5H2,1-2H3,(H,16,17). The maximum Gasteiger partial charge on any atom is 0.326 e. The third-order valence-electron chi connectivity index (χ3n) is 3.23. The Morgan fingerprint density at radius 1 is 1.58 bits per heavy atom. The molecule has 1 fully saturated rings. The van der Waals surface area contributed by atoms with Crippen LogP contribution in [0.25, 0.3) is 0 Å². The fourth-order valence-electron chi connectivity index (χ4n) is 2.16. The topological polar surface area (TPSA) is 92.6 Å². The number of aryl methyl sites for hydroxylation is 1. The Morgan fingerprint density at radius 3 is 2.89 bits per heavy atom. The summed E-state index contributed by atoms with van der Waals surface area (Å²) in [5, 5.41) is 13.1. The van der Waals surface area contributed by atoms with Crippen molar-refractivity contribution >= 4 is 23.4 Å². The van der Waals surface area contributed by atoms with Crippen LogP contribution in [-0.4, -0.2) is 57.3 Å². The van der Waals surface area contributed by atoms with Gasteiger partial charge in [0.1, 0.15) is 10.9 Å². The molecule has 0 aliphatic carbocycles. The molecule has 1 aliphatic rings. The van der Waals surface area contributed by atoms with Gasteiger partial charge in [0, 0.05) is 20.1 Å². The van der Waals surface area contributed by atoms with Crippen LogP contribution in [0.2, 0.25) is 0 Å². The fourth-order valence-corrected chi connectivity index (χ4v) is 2.87. The minimum atomic E-state index is -1.01. The lowest BCUT2D eigenvalue weighted by Crippen LogP contribution is -2.40. The second-order valence-corrected chi connectivity index (χ2v) is 5.06. The van der Waals surface area contributed by atoms with E-state index in [1.807, 2.05) is 6.92 Å². The first-order chi connectivity index (χ1) is 9.08. The summed E-state index contributed by atoms with van der Waals surface area (Å²) in [7, 11) is 1.52. The van der Waals surface area contributed by atoms with Crippen molar-refractivity contribution in [2.75, 3.05) is 13.7 Å². The molecule has 1 aliphatic heterocycles. The van der Waals surface area contributed by atoms with E-state index in [0.29, 0.717) is 23.4 Å². The molecule has 2 rings (SSSR count). The number of amides is 1. The number of nitrogens with zero attached hydrogens (tertiary/aromatic N) is 3. The van der Waals surface area contributed by atoms with E-state index in [4.69, 9.17) is 4.74 Å². The molecule has 1 N–H and O–H groups in total. The minimum absolute atomic E-state index is 0.240. The van der Waals surface area contributed by atoms with Gasteiger partial charge in [-0.25, -0.2) is 4.79 Å². The lowest BCUT2D eigenvalue weighted by molar-refractivity contribution is -0.141. The number of carbonyl (C=O) groups is 2. The number of rotatable bonds is 4. The van der Waals surface area contributed by atoms with Gasteiger partial charge in [-0.15, -0.1) is 5.10 Å². The number of carboxylic acids is 1. The predicted molar refractivity (Wildman–Crippen MR) is 67.2 cm³/mol.